The maximum atomic E-state index is 5.48. The molecule has 0 aromatic heterocycles. The summed E-state index contributed by atoms with van der Waals surface area (Å²) in [5.74, 6) is 0.877. The molecule has 0 radical (unpaired) electrons. The van der Waals surface area contributed by atoms with Gasteiger partial charge in [-0.2, -0.15) is 18.6 Å². The number of ether oxygens (including phenoxy) is 1. The molecule has 6 heteroatoms. The third-order valence-electron chi connectivity index (χ3n) is 5.76. The van der Waals surface area contributed by atoms with Crippen molar-refractivity contribution in [1.82, 2.24) is 0 Å². The normalized spacial score (nSPS) is 12.2. The fourth-order valence-electron chi connectivity index (χ4n) is 4.65. The van der Waals surface area contributed by atoms with Gasteiger partial charge in [0, 0.05) is 17.1 Å². The monoisotopic (exact) mass is 626 g/mol. The molecule has 1 heterocycles. The molecule has 0 atom stereocenters. The van der Waals surface area contributed by atoms with Crippen molar-refractivity contribution < 1.29 is 19.9 Å². The summed E-state index contributed by atoms with van der Waals surface area (Å²) in [5, 5.41) is 0. The van der Waals surface area contributed by atoms with Crippen LogP contribution in [0.5, 0.6) is 5.75 Å². The zero-order chi connectivity index (χ0) is 27.7. The Morgan fingerprint density at radius 3 is 1.49 bits per heavy atom. The Morgan fingerprint density at radius 2 is 1.14 bits per heavy atom. The molecule has 0 N–H and O–H groups in total. The van der Waals surface area contributed by atoms with E-state index in [0.717, 1.165) is 11.3 Å². The van der Waals surface area contributed by atoms with Crippen molar-refractivity contribution in [1.29, 1.82) is 0 Å². The van der Waals surface area contributed by atoms with Gasteiger partial charge >= 0.3 is 34.5 Å². The van der Waals surface area contributed by atoms with Crippen LogP contribution in [0, 0.1) is 55.1 Å². The van der Waals surface area contributed by atoms with Crippen LogP contribution in [0.25, 0.3) is 0 Å². The quantitative estimate of drug-likeness (QED) is 0.212. The topological polar surface area (TPSA) is 15.7 Å². The zero-order valence-corrected chi connectivity index (χ0v) is 26.3. The van der Waals surface area contributed by atoms with E-state index >= 15 is 0 Å². The Bertz CT molecular complexity index is 1100. The van der Waals surface area contributed by atoms with Crippen LogP contribution < -0.4 is 14.5 Å². The van der Waals surface area contributed by atoms with Gasteiger partial charge in [0.1, 0.15) is 0 Å². The second-order valence-electron chi connectivity index (χ2n) is 9.55. The van der Waals surface area contributed by atoms with Crippen molar-refractivity contribution in [2.75, 3.05) is 9.80 Å². The van der Waals surface area contributed by atoms with E-state index in [1.807, 2.05) is 38.1 Å². The number of hydrogen-bond donors (Lipinski definition) is 0. The van der Waals surface area contributed by atoms with Crippen LogP contribution in [0.15, 0.2) is 60.9 Å². The molecule has 0 saturated heterocycles. The number of rotatable bonds is 4. The van der Waals surface area contributed by atoms with E-state index in [4.69, 9.17) is 24.1 Å². The van der Waals surface area contributed by atoms with Crippen molar-refractivity contribution in [3.8, 4) is 5.75 Å². The van der Waals surface area contributed by atoms with Crippen LogP contribution in [0.2, 0.25) is 0 Å². The van der Waals surface area contributed by atoms with Crippen LogP contribution in [0.1, 0.15) is 52.8 Å². The molecule has 0 fully saturated rings. The first kappa shape index (κ1) is 31.1. The second kappa shape index (κ2) is 14.7. The summed E-state index contributed by atoms with van der Waals surface area (Å²) in [7, 11) is 9.71. The van der Waals surface area contributed by atoms with Crippen molar-refractivity contribution in [2.45, 2.75) is 61.5 Å². The molecule has 37 heavy (non-hydrogen) atoms. The third-order valence-corrected chi connectivity index (χ3v) is 5.76. The average Bonchev–Trinajstić information content (AvgIpc) is 3.23. The molecule has 200 valence electrons. The van der Waals surface area contributed by atoms with Gasteiger partial charge < -0.3 is 14.5 Å². The summed E-state index contributed by atoms with van der Waals surface area (Å²) in [5.41, 5.74) is 11.4. The zero-order valence-electron chi connectivity index (χ0n) is 23.0. The predicted octanol–water partition coefficient (Wildman–Crippen LogP) is 9.49. The summed E-state index contributed by atoms with van der Waals surface area (Å²) >= 11 is -0.346. The van der Waals surface area contributed by atoms with Crippen molar-refractivity contribution >= 4 is 30.8 Å². The summed E-state index contributed by atoms with van der Waals surface area (Å²) < 4.78 is 5.48. The Morgan fingerprint density at radius 1 is 0.757 bits per heavy atom. The standard InChI is InChI=1S/C21H25N2.C10H13O.2ClH.Ru/c1-14-9-16(3)20(17(4)10-14)22-7-8-23(13-22)21-18(5)11-15(2)12-19(21)6;1-8(2)11-10-7-5-4-6-9(10)3;;;/h7-13H,1-6H3;4-8H,3H2,1-2H3;2*1H;/q2*-1;;;+4/p-2. The Hall–Kier alpha value is -2.13. The number of benzene rings is 3. The van der Waals surface area contributed by atoms with E-state index in [2.05, 4.69) is 102 Å². The Kier molecular flexibility index (Phi) is 12.4. The first-order valence-corrected chi connectivity index (χ1v) is 16.6. The summed E-state index contributed by atoms with van der Waals surface area (Å²) in [6.45, 7) is 23.1. The molecule has 0 unspecified atom stereocenters. The molecule has 0 spiro atoms. The van der Waals surface area contributed by atoms with E-state index in [1.54, 1.807) is 0 Å². The van der Waals surface area contributed by atoms with Crippen molar-refractivity contribution in [3.05, 3.63) is 113 Å². The number of nitrogens with zero attached hydrogens (tertiary/aromatic N) is 2. The number of para-hydroxylation sites is 1. The van der Waals surface area contributed by atoms with Gasteiger partial charge in [-0.3, -0.25) is 0 Å². The molecular formula is C31H38Cl2N2ORu. The number of halogens is 2. The van der Waals surface area contributed by atoms with Gasteiger partial charge in [-0.25, -0.2) is 0 Å². The first-order valence-electron chi connectivity index (χ1n) is 12.2. The van der Waals surface area contributed by atoms with Gasteiger partial charge in [0.2, 0.25) is 0 Å². The molecule has 3 aromatic rings. The molecule has 3 aromatic carbocycles. The van der Waals surface area contributed by atoms with E-state index in [1.165, 1.54) is 44.8 Å². The van der Waals surface area contributed by atoms with Gasteiger partial charge in [0.15, 0.2) is 0 Å². The predicted molar refractivity (Wildman–Crippen MR) is 158 cm³/mol. The molecule has 0 bridgehead atoms. The summed E-state index contributed by atoms with van der Waals surface area (Å²) in [4.78, 5) is 4.45. The van der Waals surface area contributed by atoms with Crippen molar-refractivity contribution in [2.24, 2.45) is 0 Å². The van der Waals surface area contributed by atoms with Crippen LogP contribution in [-0.2, 0) is 15.1 Å². The minimum atomic E-state index is -0.346. The molecule has 0 amide bonds. The molecule has 1 aliphatic heterocycles. The summed E-state index contributed by atoms with van der Waals surface area (Å²) in [6, 6.07) is 16.8. The Balaban J connectivity index is 0.000000287. The third kappa shape index (κ3) is 8.99. The van der Waals surface area contributed by atoms with Gasteiger partial charge in [0.25, 0.3) is 0 Å². The fourth-order valence-corrected chi connectivity index (χ4v) is 4.65. The van der Waals surface area contributed by atoms with Gasteiger partial charge in [-0.05, 0) is 90.0 Å². The molecule has 4 rings (SSSR count). The van der Waals surface area contributed by atoms with Gasteiger partial charge in [-0.1, -0.05) is 47.5 Å². The molecule has 1 aliphatic rings. The van der Waals surface area contributed by atoms with Crippen LogP contribution in [0.3, 0.4) is 0 Å². The molecule has 0 aliphatic carbocycles. The minimum absolute atomic E-state index is 0.220. The fraction of sp³-hybridized carbons (Fsp3) is 0.290. The van der Waals surface area contributed by atoms with E-state index in [0.29, 0.717) is 0 Å². The Labute approximate surface area is 240 Å². The first-order chi connectivity index (χ1) is 17.5. The van der Waals surface area contributed by atoms with Crippen LogP contribution >= 0.6 is 19.4 Å². The van der Waals surface area contributed by atoms with Crippen LogP contribution in [0.4, 0.5) is 11.4 Å². The van der Waals surface area contributed by atoms with Crippen molar-refractivity contribution in [3.63, 3.8) is 0 Å². The maximum absolute atomic E-state index is 5.48. The number of hydrogen-bond acceptors (Lipinski definition) is 3. The van der Waals surface area contributed by atoms with Gasteiger partial charge in [0.05, 0.1) is 6.10 Å². The number of anilines is 2. The molecule has 3 nitrogen and oxygen atoms in total. The average molecular weight is 627 g/mol. The van der Waals surface area contributed by atoms with Crippen LogP contribution in [-0.4, -0.2) is 6.10 Å². The van der Waals surface area contributed by atoms with E-state index in [9.17, 15) is 0 Å². The second-order valence-corrected chi connectivity index (χ2v) is 12.2. The number of aryl methyl sites for hydroxylation is 6. The summed E-state index contributed by atoms with van der Waals surface area (Å²) in [6.07, 6.45) is 4.50. The molecule has 0 saturated carbocycles. The van der Waals surface area contributed by atoms with E-state index < -0.39 is 0 Å². The SMILES string of the molecule is Cc1cc(C)c(N2C=CN(c3c(C)cc(C)cc3C)[CH-]2)c(C)c1.[CH2-]c1ccccc1OC(C)C.[Cl][Ru+2][Cl]. The van der Waals surface area contributed by atoms with E-state index in [-0.39, 0.29) is 21.2 Å². The molecular weight excluding hydrogens is 588 g/mol. The van der Waals surface area contributed by atoms with Gasteiger partial charge in [-0.15, -0.1) is 12.7 Å².